The van der Waals surface area contributed by atoms with Gasteiger partial charge in [0.05, 0.1) is 0 Å². The largest absolute Gasteiger partial charge is 0.492 e. The lowest BCUT2D eigenvalue weighted by molar-refractivity contribution is 0.439. The molecule has 0 spiro atoms. The molecule has 2 aromatic rings. The predicted octanol–water partition coefficient (Wildman–Crippen LogP) is 2.71. The molecule has 0 aliphatic heterocycles. The van der Waals surface area contributed by atoms with Crippen molar-refractivity contribution in [1.29, 1.82) is 0 Å². The van der Waals surface area contributed by atoms with Crippen molar-refractivity contribution >= 4 is 15.9 Å². The average molecular weight is 321 g/mol. The summed E-state index contributed by atoms with van der Waals surface area (Å²) in [5.74, 6) is 0.344. The minimum absolute atomic E-state index is 0.0525. The number of nitrogens with one attached hydrogen (secondary N) is 1. The van der Waals surface area contributed by atoms with E-state index in [1.165, 1.54) is 11.1 Å². The van der Waals surface area contributed by atoms with E-state index in [0.717, 1.165) is 19.3 Å². The molecule has 2 N–H and O–H groups in total. The van der Waals surface area contributed by atoms with Gasteiger partial charge in [-0.2, -0.15) is 4.98 Å². The molecular weight excluding hydrogens is 308 g/mol. The molecule has 0 radical (unpaired) electrons. The number of aromatic amines is 1. The third-order valence-corrected chi connectivity index (χ3v) is 4.28. The SMILES string of the molecule is O=c1[nH]c(C2CCCc3ccccc32)nc(O)c1Br. The van der Waals surface area contributed by atoms with Crippen LogP contribution in [0.25, 0.3) is 0 Å². The first kappa shape index (κ1) is 12.4. The van der Waals surface area contributed by atoms with Gasteiger partial charge in [0.1, 0.15) is 10.3 Å². The molecule has 1 unspecified atom stereocenters. The number of aryl methyl sites for hydroxylation is 1. The Morgan fingerprint density at radius 1 is 1.37 bits per heavy atom. The molecule has 0 saturated heterocycles. The number of hydrogen-bond acceptors (Lipinski definition) is 3. The van der Waals surface area contributed by atoms with Gasteiger partial charge >= 0.3 is 0 Å². The van der Waals surface area contributed by atoms with Crippen LogP contribution in [-0.2, 0) is 6.42 Å². The molecular formula is C14H13BrN2O2. The van der Waals surface area contributed by atoms with Crippen LogP contribution in [0.15, 0.2) is 33.5 Å². The summed E-state index contributed by atoms with van der Waals surface area (Å²) < 4.78 is 0.0837. The monoisotopic (exact) mass is 320 g/mol. The summed E-state index contributed by atoms with van der Waals surface area (Å²) in [5, 5.41) is 9.68. The summed E-state index contributed by atoms with van der Waals surface area (Å²) in [6, 6.07) is 8.20. The van der Waals surface area contributed by atoms with Crippen LogP contribution >= 0.6 is 15.9 Å². The van der Waals surface area contributed by atoms with E-state index in [4.69, 9.17) is 0 Å². The van der Waals surface area contributed by atoms with Gasteiger partial charge in [0.2, 0.25) is 5.88 Å². The maximum atomic E-state index is 11.7. The Bertz CT molecular complexity index is 681. The predicted molar refractivity (Wildman–Crippen MR) is 75.4 cm³/mol. The van der Waals surface area contributed by atoms with Crippen LogP contribution in [0.1, 0.15) is 35.7 Å². The second-order valence-corrected chi connectivity index (χ2v) is 5.53. The molecule has 1 aromatic heterocycles. The fourth-order valence-corrected chi connectivity index (χ4v) is 2.85. The summed E-state index contributed by atoms with van der Waals surface area (Å²) >= 11 is 3.01. The molecule has 4 nitrogen and oxygen atoms in total. The number of fused-ring (bicyclic) bond motifs is 1. The second kappa shape index (κ2) is 4.81. The van der Waals surface area contributed by atoms with Gasteiger partial charge in [-0.3, -0.25) is 4.79 Å². The minimum Gasteiger partial charge on any atom is -0.492 e. The summed E-state index contributed by atoms with van der Waals surface area (Å²) in [6.45, 7) is 0. The molecule has 5 heteroatoms. The van der Waals surface area contributed by atoms with E-state index in [1.54, 1.807) is 0 Å². The molecule has 1 atom stereocenters. The standard InChI is InChI=1S/C14H13BrN2O2/c15-11-13(18)16-12(17-14(11)19)10-7-3-5-8-4-1-2-6-9(8)10/h1-2,4,6,10H,3,5,7H2,(H2,16,17,18,19). The van der Waals surface area contributed by atoms with Gasteiger partial charge in [-0.25, -0.2) is 0 Å². The minimum atomic E-state index is -0.342. The van der Waals surface area contributed by atoms with Crippen LogP contribution in [0, 0.1) is 0 Å². The van der Waals surface area contributed by atoms with E-state index >= 15 is 0 Å². The topological polar surface area (TPSA) is 66.0 Å². The first-order valence-corrected chi connectivity index (χ1v) is 7.02. The molecule has 1 aliphatic rings. The van der Waals surface area contributed by atoms with Crippen molar-refractivity contribution in [2.24, 2.45) is 0 Å². The quantitative estimate of drug-likeness (QED) is 0.849. The van der Waals surface area contributed by atoms with Gasteiger partial charge in [-0.15, -0.1) is 0 Å². The molecule has 19 heavy (non-hydrogen) atoms. The number of hydrogen-bond donors (Lipinski definition) is 2. The van der Waals surface area contributed by atoms with Crippen molar-refractivity contribution in [1.82, 2.24) is 9.97 Å². The third kappa shape index (κ3) is 2.18. The smallest absolute Gasteiger partial charge is 0.269 e. The van der Waals surface area contributed by atoms with E-state index in [2.05, 4.69) is 38.0 Å². The highest BCUT2D eigenvalue weighted by molar-refractivity contribution is 9.10. The lowest BCUT2D eigenvalue weighted by Crippen LogP contribution is -2.19. The molecule has 0 fully saturated rings. The number of halogens is 1. The fourth-order valence-electron chi connectivity index (χ4n) is 2.67. The van der Waals surface area contributed by atoms with Crippen molar-refractivity contribution in [2.75, 3.05) is 0 Å². The fraction of sp³-hybridized carbons (Fsp3) is 0.286. The van der Waals surface area contributed by atoms with E-state index in [-0.39, 0.29) is 21.8 Å². The van der Waals surface area contributed by atoms with Crippen LogP contribution in [0.3, 0.4) is 0 Å². The van der Waals surface area contributed by atoms with Gasteiger partial charge in [0.15, 0.2) is 0 Å². The first-order valence-electron chi connectivity index (χ1n) is 6.23. The Morgan fingerprint density at radius 3 is 2.95 bits per heavy atom. The van der Waals surface area contributed by atoms with Gasteiger partial charge < -0.3 is 10.1 Å². The molecule has 3 rings (SSSR count). The lowest BCUT2D eigenvalue weighted by Gasteiger charge is -2.24. The number of aromatic nitrogens is 2. The van der Waals surface area contributed by atoms with Gasteiger partial charge in [-0.1, -0.05) is 24.3 Å². The van der Waals surface area contributed by atoms with Crippen LogP contribution in [0.2, 0.25) is 0 Å². The summed E-state index contributed by atoms with van der Waals surface area (Å²) in [6.07, 6.45) is 3.04. The molecule has 1 heterocycles. The van der Waals surface area contributed by atoms with Gasteiger partial charge in [-0.05, 0) is 46.3 Å². The zero-order valence-corrected chi connectivity index (χ0v) is 11.8. The Labute approximate surface area is 118 Å². The maximum absolute atomic E-state index is 11.7. The highest BCUT2D eigenvalue weighted by atomic mass is 79.9. The van der Waals surface area contributed by atoms with Crippen LogP contribution in [0.4, 0.5) is 0 Å². The van der Waals surface area contributed by atoms with Crippen molar-refractivity contribution in [2.45, 2.75) is 25.2 Å². The number of benzene rings is 1. The third-order valence-electron chi connectivity index (χ3n) is 3.56. The molecule has 0 saturated carbocycles. The zero-order valence-electron chi connectivity index (χ0n) is 10.2. The molecule has 0 bridgehead atoms. The Hall–Kier alpha value is -1.62. The van der Waals surface area contributed by atoms with Crippen molar-refractivity contribution in [3.05, 3.63) is 56.0 Å². The lowest BCUT2D eigenvalue weighted by atomic mass is 9.82. The Morgan fingerprint density at radius 2 is 2.16 bits per heavy atom. The van der Waals surface area contributed by atoms with Crippen molar-refractivity contribution < 1.29 is 5.11 Å². The molecule has 1 aromatic carbocycles. The number of nitrogens with zero attached hydrogens (tertiary/aromatic N) is 1. The van der Waals surface area contributed by atoms with E-state index in [1.807, 2.05) is 12.1 Å². The highest BCUT2D eigenvalue weighted by Crippen LogP contribution is 2.35. The molecule has 1 aliphatic carbocycles. The zero-order chi connectivity index (χ0) is 13.4. The summed E-state index contributed by atoms with van der Waals surface area (Å²) in [4.78, 5) is 18.6. The van der Waals surface area contributed by atoms with Crippen molar-refractivity contribution in [3.8, 4) is 5.88 Å². The number of H-pyrrole nitrogens is 1. The Kier molecular flexibility index (Phi) is 3.14. The molecule has 98 valence electrons. The first-order chi connectivity index (χ1) is 9.16. The van der Waals surface area contributed by atoms with E-state index in [0.29, 0.717) is 5.82 Å². The normalized spacial score (nSPS) is 18.1. The van der Waals surface area contributed by atoms with Crippen LogP contribution < -0.4 is 5.56 Å². The van der Waals surface area contributed by atoms with E-state index in [9.17, 15) is 9.90 Å². The van der Waals surface area contributed by atoms with Gasteiger partial charge in [0.25, 0.3) is 5.56 Å². The Balaban J connectivity index is 2.12. The van der Waals surface area contributed by atoms with Crippen molar-refractivity contribution in [3.63, 3.8) is 0 Å². The van der Waals surface area contributed by atoms with Crippen LogP contribution in [0.5, 0.6) is 5.88 Å². The summed E-state index contributed by atoms with van der Waals surface area (Å²) in [5.41, 5.74) is 2.15. The maximum Gasteiger partial charge on any atom is 0.269 e. The number of aromatic hydroxyl groups is 1. The number of rotatable bonds is 1. The highest BCUT2D eigenvalue weighted by Gasteiger charge is 2.24. The van der Waals surface area contributed by atoms with Crippen LogP contribution in [-0.4, -0.2) is 15.1 Å². The average Bonchev–Trinajstić information content (AvgIpc) is 2.43. The molecule has 0 amide bonds. The van der Waals surface area contributed by atoms with Gasteiger partial charge in [0, 0.05) is 5.92 Å². The second-order valence-electron chi connectivity index (χ2n) is 4.73. The summed E-state index contributed by atoms with van der Waals surface area (Å²) in [7, 11) is 0. The van der Waals surface area contributed by atoms with E-state index < -0.39 is 0 Å².